The molecule has 1 saturated heterocycles. The van der Waals surface area contributed by atoms with E-state index in [-0.39, 0.29) is 12.1 Å². The van der Waals surface area contributed by atoms with Crippen molar-refractivity contribution in [3.63, 3.8) is 0 Å². The van der Waals surface area contributed by atoms with Crippen LogP contribution < -0.4 is 15.0 Å². The zero-order valence-electron chi connectivity index (χ0n) is 24.7. The minimum absolute atomic E-state index is 0.0189. The molecule has 2 heterocycles. The number of pyridine rings is 1. The quantitative estimate of drug-likeness (QED) is 0.228. The molecular formula is C31H36F6N4O3S. The molecule has 1 aromatic heterocycles. The van der Waals surface area contributed by atoms with E-state index in [0.29, 0.717) is 18.0 Å². The summed E-state index contributed by atoms with van der Waals surface area (Å²) >= 11 is 0. The third-order valence-corrected chi connectivity index (χ3v) is 9.51. The van der Waals surface area contributed by atoms with Gasteiger partial charge in [0, 0.05) is 50.5 Å². The monoisotopic (exact) mass is 658 g/mol. The molecule has 1 aliphatic heterocycles. The molecule has 0 bridgehead atoms. The molecule has 1 aromatic carbocycles. The predicted molar refractivity (Wildman–Crippen MR) is 160 cm³/mol. The van der Waals surface area contributed by atoms with Gasteiger partial charge in [0.2, 0.25) is 0 Å². The first-order valence-corrected chi connectivity index (χ1v) is 16.0. The Labute approximate surface area is 259 Å². The highest BCUT2D eigenvalue weighted by atomic mass is 32.2. The van der Waals surface area contributed by atoms with Gasteiger partial charge in [-0.1, -0.05) is 18.7 Å². The number of nitrogens with zero attached hydrogens (tertiary/aromatic N) is 3. The van der Waals surface area contributed by atoms with Crippen molar-refractivity contribution in [3.05, 3.63) is 89.3 Å². The van der Waals surface area contributed by atoms with Crippen LogP contribution in [0.25, 0.3) is 0 Å². The number of sulfone groups is 1. The summed E-state index contributed by atoms with van der Waals surface area (Å²) in [5.41, 5.74) is -3.83. The number of alkyl halides is 6. The molecule has 0 amide bonds. The van der Waals surface area contributed by atoms with E-state index in [4.69, 9.17) is 4.74 Å². The average Bonchev–Trinajstić information content (AvgIpc) is 2.99. The number of rotatable bonds is 10. The molecule has 1 saturated carbocycles. The van der Waals surface area contributed by atoms with Gasteiger partial charge in [0.05, 0.1) is 34.7 Å². The van der Waals surface area contributed by atoms with Crippen LogP contribution in [0.1, 0.15) is 43.7 Å². The fourth-order valence-electron chi connectivity index (χ4n) is 5.27. The van der Waals surface area contributed by atoms with Gasteiger partial charge in [0.15, 0.2) is 0 Å². The van der Waals surface area contributed by atoms with Crippen molar-refractivity contribution in [2.24, 2.45) is 0 Å². The maximum absolute atomic E-state index is 12.8. The fourth-order valence-corrected chi connectivity index (χ4v) is 5.89. The number of ether oxygens (including phenoxy) is 1. The third-order valence-electron chi connectivity index (χ3n) is 7.92. The van der Waals surface area contributed by atoms with Crippen LogP contribution in [0.4, 0.5) is 32.0 Å². The summed E-state index contributed by atoms with van der Waals surface area (Å²) in [7, 11) is -5.38. The van der Waals surface area contributed by atoms with Crippen LogP contribution in [0.3, 0.4) is 0 Å². The SMILES string of the molecule is C=C/C(=C\C=C(/C)S(=O)(=O)C(F)(F)F)N[C@H]1CC[C@H](Oc2cncc(N3CCN(Cc4ccc(C(F)(F)F)cc4)CC3)c2)CC1. The highest BCUT2D eigenvalue weighted by molar-refractivity contribution is 7.96. The maximum Gasteiger partial charge on any atom is 0.501 e. The summed E-state index contributed by atoms with van der Waals surface area (Å²) in [5, 5.41) is 3.21. The number of hydrogen-bond donors (Lipinski definition) is 1. The van der Waals surface area contributed by atoms with Gasteiger partial charge in [0.1, 0.15) is 5.75 Å². The number of piperazine rings is 1. The molecule has 0 atom stereocenters. The first-order valence-electron chi connectivity index (χ1n) is 14.5. The highest BCUT2D eigenvalue weighted by Crippen LogP contribution is 2.31. The Bertz CT molecular complexity index is 1470. The third kappa shape index (κ3) is 9.25. The van der Waals surface area contributed by atoms with Crippen molar-refractivity contribution in [2.45, 2.75) is 63.0 Å². The Morgan fingerprint density at radius 2 is 1.64 bits per heavy atom. The lowest BCUT2D eigenvalue weighted by Gasteiger charge is -2.36. The number of allylic oxidation sites excluding steroid dienone is 4. The summed E-state index contributed by atoms with van der Waals surface area (Å²) in [6.07, 6.45) is 5.59. The van der Waals surface area contributed by atoms with E-state index in [2.05, 4.69) is 26.7 Å². The predicted octanol–water partition coefficient (Wildman–Crippen LogP) is 6.61. The topological polar surface area (TPSA) is 74.8 Å². The van der Waals surface area contributed by atoms with Crippen LogP contribution in [0, 0.1) is 0 Å². The van der Waals surface area contributed by atoms with Gasteiger partial charge in [0.25, 0.3) is 9.84 Å². The molecule has 4 rings (SSSR count). The van der Waals surface area contributed by atoms with E-state index < -0.39 is 32.0 Å². The summed E-state index contributed by atoms with van der Waals surface area (Å²) in [6, 6.07) is 7.24. The van der Waals surface area contributed by atoms with Crippen LogP contribution in [-0.2, 0) is 22.6 Å². The van der Waals surface area contributed by atoms with Gasteiger partial charge < -0.3 is 15.0 Å². The van der Waals surface area contributed by atoms with Crippen LogP contribution in [0.15, 0.2) is 78.1 Å². The van der Waals surface area contributed by atoms with Gasteiger partial charge in [-0.15, -0.1) is 0 Å². The molecule has 14 heteroatoms. The van der Waals surface area contributed by atoms with Gasteiger partial charge in [-0.2, -0.15) is 26.3 Å². The molecule has 0 radical (unpaired) electrons. The maximum atomic E-state index is 12.8. The van der Waals surface area contributed by atoms with E-state index in [1.165, 1.54) is 24.3 Å². The molecule has 1 aliphatic carbocycles. The van der Waals surface area contributed by atoms with Crippen LogP contribution >= 0.6 is 0 Å². The van der Waals surface area contributed by atoms with Crippen LogP contribution in [0.2, 0.25) is 0 Å². The zero-order valence-corrected chi connectivity index (χ0v) is 25.6. The summed E-state index contributed by atoms with van der Waals surface area (Å²) in [6.45, 7) is 8.10. The number of hydrogen-bond acceptors (Lipinski definition) is 7. The Kier molecular flexibility index (Phi) is 10.9. The Balaban J connectivity index is 1.24. The first-order chi connectivity index (χ1) is 21.2. The number of anilines is 1. The number of benzene rings is 1. The molecule has 2 fully saturated rings. The molecule has 0 unspecified atom stereocenters. The van der Waals surface area contributed by atoms with Gasteiger partial charge in [-0.25, -0.2) is 8.42 Å². The van der Waals surface area contributed by atoms with Gasteiger partial charge >= 0.3 is 11.7 Å². The lowest BCUT2D eigenvalue weighted by Crippen LogP contribution is -2.46. The minimum atomic E-state index is -5.38. The van der Waals surface area contributed by atoms with Crippen LogP contribution in [-0.4, -0.2) is 62.1 Å². The second-order valence-electron chi connectivity index (χ2n) is 11.1. The lowest BCUT2D eigenvalue weighted by atomic mass is 9.92. The van der Waals surface area contributed by atoms with E-state index in [9.17, 15) is 34.8 Å². The molecular weight excluding hydrogens is 622 g/mol. The Morgan fingerprint density at radius 1 is 1.00 bits per heavy atom. The first kappa shape index (κ1) is 34.4. The molecule has 246 valence electrons. The molecule has 2 aromatic rings. The van der Waals surface area contributed by atoms with E-state index in [0.717, 1.165) is 88.2 Å². The standard InChI is InChI=1S/C31H36F6N4O3S/c1-3-25(9-4-22(2)45(42,43)31(35,36)37)39-26-10-12-28(13-11-26)44-29-18-27(19-38-20-29)41-16-14-40(15-17-41)21-23-5-7-24(8-6-23)30(32,33)34/h3-9,18-20,26,28,39H,1,10-17,21H2,2H3/b22-4+,25-9+/t26-,28-. The van der Waals surface area contributed by atoms with Crippen molar-refractivity contribution in [2.75, 3.05) is 31.1 Å². The Morgan fingerprint density at radius 3 is 2.22 bits per heavy atom. The van der Waals surface area contributed by atoms with Crippen LogP contribution in [0.5, 0.6) is 5.75 Å². The molecule has 0 spiro atoms. The fraction of sp³-hybridized carbons (Fsp3) is 0.452. The van der Waals surface area contributed by atoms with E-state index >= 15 is 0 Å². The smallest absolute Gasteiger partial charge is 0.489 e. The normalized spacial score (nSPS) is 21.0. The molecule has 2 aliphatic rings. The van der Waals surface area contributed by atoms with Gasteiger partial charge in [-0.05, 0) is 68.5 Å². The Hall–Kier alpha value is -3.52. The molecule has 45 heavy (non-hydrogen) atoms. The van der Waals surface area contributed by atoms with Crippen molar-refractivity contribution in [3.8, 4) is 5.75 Å². The molecule has 7 nitrogen and oxygen atoms in total. The number of halogens is 6. The number of aromatic nitrogens is 1. The number of nitrogens with one attached hydrogen (secondary N) is 1. The second kappa shape index (κ2) is 14.3. The van der Waals surface area contributed by atoms with E-state index in [1.54, 1.807) is 12.4 Å². The zero-order chi connectivity index (χ0) is 32.8. The summed E-state index contributed by atoms with van der Waals surface area (Å²) in [4.78, 5) is 7.95. The van der Waals surface area contributed by atoms with Gasteiger partial charge in [-0.3, -0.25) is 9.88 Å². The van der Waals surface area contributed by atoms with E-state index in [1.807, 2.05) is 6.07 Å². The van der Waals surface area contributed by atoms with Crippen molar-refractivity contribution in [1.82, 2.24) is 15.2 Å². The van der Waals surface area contributed by atoms with Crippen molar-refractivity contribution >= 4 is 15.5 Å². The van der Waals surface area contributed by atoms with Crippen molar-refractivity contribution < 1.29 is 39.5 Å². The van der Waals surface area contributed by atoms with Crippen molar-refractivity contribution in [1.29, 1.82) is 0 Å². The minimum Gasteiger partial charge on any atom is -0.489 e. The summed E-state index contributed by atoms with van der Waals surface area (Å²) in [5.74, 6) is 0.647. The summed E-state index contributed by atoms with van der Waals surface area (Å²) < 4.78 is 106. The largest absolute Gasteiger partial charge is 0.501 e. The average molecular weight is 659 g/mol. The highest BCUT2D eigenvalue weighted by Gasteiger charge is 2.46. The lowest BCUT2D eigenvalue weighted by molar-refractivity contribution is -0.137. The molecule has 1 N–H and O–H groups in total. The second-order valence-corrected chi connectivity index (χ2v) is 13.2.